The van der Waals surface area contributed by atoms with Crippen molar-refractivity contribution >= 4 is 0 Å². The zero-order valence-electron chi connectivity index (χ0n) is 4.55. The number of ether oxygens (including phenoxy) is 1. The normalized spacial score (nSPS) is 23.1. The second-order valence-electron chi connectivity index (χ2n) is 1.94. The molecule has 0 saturated carbocycles. The molecule has 2 heteroatoms. The Morgan fingerprint density at radius 1 is 1.75 bits per heavy atom. The van der Waals surface area contributed by atoms with Gasteiger partial charge >= 0.3 is 0 Å². The van der Waals surface area contributed by atoms with Gasteiger partial charge in [-0.05, 0) is 6.08 Å². The first-order chi connectivity index (χ1) is 3.77. The summed E-state index contributed by atoms with van der Waals surface area (Å²) in [6.07, 6.45) is 1.52. The molecule has 0 unspecified atom stereocenters. The Balaban J connectivity index is 2.53. The predicted octanol–water partition coefficient (Wildman–Crippen LogP) is 0.0888. The molecule has 1 heterocycles. The third-order valence-corrected chi connectivity index (χ3v) is 1.07. The third-order valence-electron chi connectivity index (χ3n) is 1.07. The molecular formula is C6H8O2. The van der Waals surface area contributed by atoms with E-state index < -0.39 is 5.60 Å². The Labute approximate surface area is 48.1 Å². The lowest BCUT2D eigenvalue weighted by atomic mass is 10.0. The van der Waals surface area contributed by atoms with E-state index in [0.717, 1.165) is 0 Å². The highest BCUT2D eigenvalue weighted by Gasteiger charge is 2.32. The molecule has 1 rings (SSSR count). The Morgan fingerprint density at radius 3 is 2.50 bits per heavy atom. The van der Waals surface area contributed by atoms with Crippen LogP contribution in [-0.2, 0) is 4.74 Å². The SMILES string of the molecule is C=C=CC1(O)COC1. The van der Waals surface area contributed by atoms with Crippen LogP contribution in [0.15, 0.2) is 18.4 Å². The molecule has 44 valence electrons. The van der Waals surface area contributed by atoms with Gasteiger partial charge in [0.1, 0.15) is 5.60 Å². The molecule has 8 heavy (non-hydrogen) atoms. The summed E-state index contributed by atoms with van der Waals surface area (Å²) in [6.45, 7) is 4.10. The Morgan fingerprint density at radius 2 is 2.38 bits per heavy atom. The topological polar surface area (TPSA) is 29.5 Å². The van der Waals surface area contributed by atoms with Crippen LogP contribution in [0, 0.1) is 0 Å². The lowest BCUT2D eigenvalue weighted by Crippen LogP contribution is -2.47. The highest BCUT2D eigenvalue weighted by molar-refractivity contribution is 5.03. The number of rotatable bonds is 1. The van der Waals surface area contributed by atoms with Gasteiger partial charge in [-0.1, -0.05) is 6.58 Å². The van der Waals surface area contributed by atoms with Crippen molar-refractivity contribution in [3.05, 3.63) is 18.4 Å². The molecule has 1 aliphatic heterocycles. The molecule has 0 aromatic carbocycles. The first kappa shape index (κ1) is 5.57. The van der Waals surface area contributed by atoms with Gasteiger partial charge in [0.2, 0.25) is 0 Å². The highest BCUT2D eigenvalue weighted by Crippen LogP contribution is 2.16. The maximum atomic E-state index is 9.13. The van der Waals surface area contributed by atoms with Crippen LogP contribution in [0.3, 0.4) is 0 Å². The van der Waals surface area contributed by atoms with Crippen LogP contribution in [0.4, 0.5) is 0 Å². The molecule has 0 amide bonds. The second-order valence-corrected chi connectivity index (χ2v) is 1.94. The first-order valence-electron chi connectivity index (χ1n) is 2.44. The van der Waals surface area contributed by atoms with Gasteiger partial charge in [-0.2, -0.15) is 0 Å². The Hall–Kier alpha value is -0.560. The molecule has 0 aliphatic carbocycles. The maximum Gasteiger partial charge on any atom is 0.136 e. The van der Waals surface area contributed by atoms with E-state index in [1.165, 1.54) is 6.08 Å². The van der Waals surface area contributed by atoms with Crippen molar-refractivity contribution in [2.45, 2.75) is 5.60 Å². The van der Waals surface area contributed by atoms with E-state index in [2.05, 4.69) is 12.3 Å². The molecule has 0 atom stereocenters. The first-order valence-corrected chi connectivity index (χ1v) is 2.44. The molecule has 2 nitrogen and oxygen atoms in total. The zero-order valence-corrected chi connectivity index (χ0v) is 4.55. The average Bonchev–Trinajstić information content (AvgIpc) is 1.64. The average molecular weight is 112 g/mol. The van der Waals surface area contributed by atoms with Crippen molar-refractivity contribution in [1.82, 2.24) is 0 Å². The fourth-order valence-corrected chi connectivity index (χ4v) is 0.585. The van der Waals surface area contributed by atoms with E-state index in [4.69, 9.17) is 9.84 Å². The van der Waals surface area contributed by atoms with E-state index in [-0.39, 0.29) is 0 Å². The second kappa shape index (κ2) is 1.75. The highest BCUT2D eigenvalue weighted by atomic mass is 16.5. The zero-order chi connectivity index (χ0) is 6.04. The summed E-state index contributed by atoms with van der Waals surface area (Å²) in [5, 5.41) is 9.13. The fourth-order valence-electron chi connectivity index (χ4n) is 0.585. The number of aliphatic hydroxyl groups is 1. The molecule has 0 aromatic heterocycles. The molecule has 0 bridgehead atoms. The predicted molar refractivity (Wildman–Crippen MR) is 29.5 cm³/mol. The lowest BCUT2D eigenvalue weighted by molar-refractivity contribution is -0.147. The summed E-state index contributed by atoms with van der Waals surface area (Å²) < 4.78 is 4.74. The van der Waals surface area contributed by atoms with Crippen LogP contribution in [-0.4, -0.2) is 23.9 Å². The van der Waals surface area contributed by atoms with Crippen LogP contribution in [0.25, 0.3) is 0 Å². The van der Waals surface area contributed by atoms with E-state index in [9.17, 15) is 0 Å². The summed E-state index contributed by atoms with van der Waals surface area (Å²) in [6, 6.07) is 0. The fraction of sp³-hybridized carbons (Fsp3) is 0.500. The van der Waals surface area contributed by atoms with E-state index in [1.54, 1.807) is 0 Å². The summed E-state index contributed by atoms with van der Waals surface area (Å²) in [5.74, 6) is 0. The summed E-state index contributed by atoms with van der Waals surface area (Å²) in [5.41, 5.74) is 1.76. The van der Waals surface area contributed by atoms with Gasteiger partial charge in [0.15, 0.2) is 0 Å². The van der Waals surface area contributed by atoms with Gasteiger partial charge in [0, 0.05) is 0 Å². The van der Waals surface area contributed by atoms with Crippen molar-refractivity contribution in [3.8, 4) is 0 Å². The molecule has 1 N–H and O–H groups in total. The van der Waals surface area contributed by atoms with Gasteiger partial charge < -0.3 is 9.84 Å². The standard InChI is InChI=1S/C6H8O2/c1-2-3-6(7)4-8-5-6/h3,7H,1,4-5H2. The molecule has 0 spiro atoms. The molecule has 1 saturated heterocycles. The third kappa shape index (κ3) is 0.819. The van der Waals surface area contributed by atoms with E-state index >= 15 is 0 Å². The maximum absolute atomic E-state index is 9.13. The van der Waals surface area contributed by atoms with Gasteiger partial charge in [-0.15, -0.1) is 5.73 Å². The Bertz CT molecular complexity index is 129. The van der Waals surface area contributed by atoms with Crippen LogP contribution >= 0.6 is 0 Å². The molecule has 0 radical (unpaired) electrons. The minimum Gasteiger partial charge on any atom is -0.380 e. The molecule has 1 fully saturated rings. The number of hydrogen-bond acceptors (Lipinski definition) is 2. The van der Waals surface area contributed by atoms with Crippen molar-refractivity contribution in [3.63, 3.8) is 0 Å². The van der Waals surface area contributed by atoms with Crippen LogP contribution in [0.1, 0.15) is 0 Å². The van der Waals surface area contributed by atoms with Crippen LogP contribution in [0.5, 0.6) is 0 Å². The minimum absolute atomic E-state index is 0.384. The molecule has 0 aromatic rings. The molecular weight excluding hydrogens is 104 g/mol. The van der Waals surface area contributed by atoms with Crippen LogP contribution in [0.2, 0.25) is 0 Å². The van der Waals surface area contributed by atoms with Gasteiger partial charge in [-0.3, -0.25) is 0 Å². The summed E-state index contributed by atoms with van der Waals surface area (Å²) >= 11 is 0. The number of hydrogen-bond donors (Lipinski definition) is 1. The Kier molecular flexibility index (Phi) is 1.22. The summed E-state index contributed by atoms with van der Waals surface area (Å²) in [7, 11) is 0. The monoisotopic (exact) mass is 112 g/mol. The minimum atomic E-state index is -0.748. The van der Waals surface area contributed by atoms with Crippen LogP contribution < -0.4 is 0 Å². The van der Waals surface area contributed by atoms with Crippen molar-refractivity contribution in [2.24, 2.45) is 0 Å². The summed E-state index contributed by atoms with van der Waals surface area (Å²) in [4.78, 5) is 0. The van der Waals surface area contributed by atoms with Gasteiger partial charge in [0.25, 0.3) is 0 Å². The van der Waals surface area contributed by atoms with Gasteiger partial charge in [-0.25, -0.2) is 0 Å². The smallest absolute Gasteiger partial charge is 0.136 e. The van der Waals surface area contributed by atoms with Crippen molar-refractivity contribution in [1.29, 1.82) is 0 Å². The largest absolute Gasteiger partial charge is 0.380 e. The van der Waals surface area contributed by atoms with Gasteiger partial charge in [0.05, 0.1) is 13.2 Å². The quantitative estimate of drug-likeness (QED) is 0.487. The van der Waals surface area contributed by atoms with Crippen molar-refractivity contribution < 1.29 is 9.84 Å². The van der Waals surface area contributed by atoms with Crippen molar-refractivity contribution in [2.75, 3.05) is 13.2 Å². The van der Waals surface area contributed by atoms with E-state index in [0.29, 0.717) is 13.2 Å². The molecule has 1 aliphatic rings. The van der Waals surface area contributed by atoms with E-state index in [1.807, 2.05) is 0 Å². The lowest BCUT2D eigenvalue weighted by Gasteiger charge is -2.32.